The van der Waals surface area contributed by atoms with Gasteiger partial charge in [-0.1, -0.05) is 18.2 Å². The van der Waals surface area contributed by atoms with E-state index in [0.717, 1.165) is 11.1 Å². The highest BCUT2D eigenvalue weighted by molar-refractivity contribution is 5.82. The summed E-state index contributed by atoms with van der Waals surface area (Å²) < 4.78 is 0. The Bertz CT molecular complexity index is 781. The van der Waals surface area contributed by atoms with Gasteiger partial charge in [-0.25, -0.2) is 0 Å². The van der Waals surface area contributed by atoms with E-state index in [4.69, 9.17) is 0 Å². The van der Waals surface area contributed by atoms with Crippen LogP contribution in [0.1, 0.15) is 22.9 Å². The molecule has 6 heteroatoms. The first-order valence-corrected chi connectivity index (χ1v) is 8.03. The molecule has 0 aliphatic carbocycles. The van der Waals surface area contributed by atoms with Crippen LogP contribution < -0.4 is 10.6 Å². The summed E-state index contributed by atoms with van der Waals surface area (Å²) >= 11 is 0. The van der Waals surface area contributed by atoms with Crippen LogP contribution in [0.25, 0.3) is 0 Å². The number of carbonyl (C=O) groups excluding carboxylic acids is 1. The van der Waals surface area contributed by atoms with Gasteiger partial charge in [0.15, 0.2) is 0 Å². The molecule has 0 saturated carbocycles. The first kappa shape index (κ1) is 16.7. The predicted octanol–water partition coefficient (Wildman–Crippen LogP) is 2.02. The summed E-state index contributed by atoms with van der Waals surface area (Å²) in [6.45, 7) is 0.944. The fourth-order valence-electron chi connectivity index (χ4n) is 2.39. The highest BCUT2D eigenvalue weighted by atomic mass is 16.2. The molecule has 3 aromatic rings. The first-order chi connectivity index (χ1) is 12.3. The van der Waals surface area contributed by atoms with Gasteiger partial charge in [0.05, 0.1) is 5.69 Å². The number of hydrogen-bond acceptors (Lipinski definition) is 5. The molecule has 1 unspecified atom stereocenters. The van der Waals surface area contributed by atoms with Crippen LogP contribution >= 0.6 is 0 Å². The van der Waals surface area contributed by atoms with Crippen molar-refractivity contribution in [3.8, 4) is 0 Å². The molecule has 1 amide bonds. The molecular formula is C19H19N5O. The van der Waals surface area contributed by atoms with Gasteiger partial charge in [0, 0.05) is 44.1 Å². The van der Waals surface area contributed by atoms with Gasteiger partial charge in [-0.2, -0.15) is 0 Å². The second-order valence-corrected chi connectivity index (χ2v) is 5.51. The topological polar surface area (TPSA) is 79.8 Å². The molecule has 2 N–H and O–H groups in total. The Morgan fingerprint density at radius 1 is 0.880 bits per heavy atom. The van der Waals surface area contributed by atoms with Crippen molar-refractivity contribution in [1.82, 2.24) is 25.6 Å². The fraction of sp³-hybridized carbons (Fsp3) is 0.158. The maximum absolute atomic E-state index is 12.7. The summed E-state index contributed by atoms with van der Waals surface area (Å²) in [5.74, 6) is -0.133. The van der Waals surface area contributed by atoms with E-state index < -0.39 is 6.04 Å². The lowest BCUT2D eigenvalue weighted by Crippen LogP contribution is -2.37. The molecule has 0 spiro atoms. The van der Waals surface area contributed by atoms with Crippen LogP contribution in [-0.4, -0.2) is 20.9 Å². The Balaban J connectivity index is 1.68. The Kier molecular flexibility index (Phi) is 5.79. The molecule has 0 aliphatic rings. The van der Waals surface area contributed by atoms with E-state index in [0.29, 0.717) is 18.8 Å². The minimum atomic E-state index is -0.543. The fourth-order valence-corrected chi connectivity index (χ4v) is 2.39. The minimum absolute atomic E-state index is 0.133. The number of carbonyl (C=O) groups is 1. The van der Waals surface area contributed by atoms with E-state index in [-0.39, 0.29) is 5.91 Å². The van der Waals surface area contributed by atoms with Crippen LogP contribution in [-0.2, 0) is 17.9 Å². The average Bonchev–Trinajstić information content (AvgIpc) is 2.69. The van der Waals surface area contributed by atoms with E-state index in [1.807, 2.05) is 42.5 Å². The van der Waals surface area contributed by atoms with Crippen molar-refractivity contribution in [2.75, 3.05) is 0 Å². The summed E-state index contributed by atoms with van der Waals surface area (Å²) in [5, 5.41) is 6.19. The van der Waals surface area contributed by atoms with Gasteiger partial charge in [-0.15, -0.1) is 0 Å². The third-order valence-corrected chi connectivity index (χ3v) is 3.67. The zero-order valence-electron chi connectivity index (χ0n) is 13.7. The minimum Gasteiger partial charge on any atom is -0.350 e. The van der Waals surface area contributed by atoms with Crippen molar-refractivity contribution in [1.29, 1.82) is 0 Å². The van der Waals surface area contributed by atoms with Gasteiger partial charge in [-0.3, -0.25) is 25.1 Å². The van der Waals surface area contributed by atoms with Crippen LogP contribution in [0.5, 0.6) is 0 Å². The Hall–Kier alpha value is -3.12. The SMILES string of the molecule is O=C(NCc1cccnc1)C(NCc1cccnc1)c1ccccn1. The van der Waals surface area contributed by atoms with Crippen molar-refractivity contribution in [2.24, 2.45) is 0 Å². The van der Waals surface area contributed by atoms with E-state index in [2.05, 4.69) is 25.6 Å². The molecule has 0 saturated heterocycles. The van der Waals surface area contributed by atoms with Crippen molar-refractivity contribution in [2.45, 2.75) is 19.1 Å². The summed E-state index contributed by atoms with van der Waals surface area (Å²) in [6.07, 6.45) is 8.62. The Labute approximate surface area is 146 Å². The molecule has 1 atom stereocenters. The molecule has 0 fully saturated rings. The molecule has 3 rings (SSSR count). The summed E-state index contributed by atoms with van der Waals surface area (Å²) in [5.41, 5.74) is 2.63. The molecule has 25 heavy (non-hydrogen) atoms. The van der Waals surface area contributed by atoms with Gasteiger partial charge >= 0.3 is 0 Å². The third kappa shape index (κ3) is 4.92. The maximum Gasteiger partial charge on any atom is 0.243 e. The second-order valence-electron chi connectivity index (χ2n) is 5.51. The number of hydrogen-bond donors (Lipinski definition) is 2. The van der Waals surface area contributed by atoms with Crippen LogP contribution in [0.4, 0.5) is 0 Å². The highest BCUT2D eigenvalue weighted by Gasteiger charge is 2.21. The number of pyridine rings is 3. The average molecular weight is 333 g/mol. The van der Waals surface area contributed by atoms with Crippen LogP contribution in [0, 0.1) is 0 Å². The third-order valence-electron chi connectivity index (χ3n) is 3.67. The molecule has 126 valence electrons. The molecular weight excluding hydrogens is 314 g/mol. The molecule has 0 aliphatic heterocycles. The van der Waals surface area contributed by atoms with Crippen molar-refractivity contribution < 1.29 is 4.79 Å². The monoisotopic (exact) mass is 333 g/mol. The summed E-state index contributed by atoms with van der Waals surface area (Å²) in [7, 11) is 0. The van der Waals surface area contributed by atoms with Crippen molar-refractivity contribution in [3.63, 3.8) is 0 Å². The first-order valence-electron chi connectivity index (χ1n) is 8.03. The normalized spacial score (nSPS) is 11.7. The van der Waals surface area contributed by atoms with Gasteiger partial charge in [0.25, 0.3) is 0 Å². The van der Waals surface area contributed by atoms with Gasteiger partial charge < -0.3 is 5.32 Å². The molecule has 0 bridgehead atoms. The van der Waals surface area contributed by atoms with Crippen LogP contribution in [0.3, 0.4) is 0 Å². The number of amides is 1. The Morgan fingerprint density at radius 3 is 2.20 bits per heavy atom. The summed E-state index contributed by atoms with van der Waals surface area (Å²) in [4.78, 5) is 25.2. The predicted molar refractivity (Wildman–Crippen MR) is 94.1 cm³/mol. The lowest BCUT2D eigenvalue weighted by atomic mass is 10.1. The van der Waals surface area contributed by atoms with Crippen LogP contribution in [0.2, 0.25) is 0 Å². The van der Waals surface area contributed by atoms with Gasteiger partial charge in [0.2, 0.25) is 5.91 Å². The Morgan fingerprint density at radius 2 is 1.60 bits per heavy atom. The van der Waals surface area contributed by atoms with E-state index in [9.17, 15) is 4.79 Å². The number of nitrogens with zero attached hydrogens (tertiary/aromatic N) is 3. The van der Waals surface area contributed by atoms with Crippen molar-refractivity contribution >= 4 is 5.91 Å². The van der Waals surface area contributed by atoms with Gasteiger partial charge in [0.1, 0.15) is 6.04 Å². The highest BCUT2D eigenvalue weighted by Crippen LogP contribution is 2.11. The largest absolute Gasteiger partial charge is 0.350 e. The molecule has 0 radical (unpaired) electrons. The second kappa shape index (κ2) is 8.65. The molecule has 0 aromatic carbocycles. The van der Waals surface area contributed by atoms with Crippen molar-refractivity contribution in [3.05, 3.63) is 90.3 Å². The quantitative estimate of drug-likeness (QED) is 0.691. The smallest absolute Gasteiger partial charge is 0.243 e. The standard InChI is InChI=1S/C19H19N5O/c25-19(24-14-16-6-4-9-21-12-16)18(17-7-1-2-10-22-17)23-13-15-5-3-8-20-11-15/h1-12,18,23H,13-14H2,(H,24,25). The molecule has 3 aromatic heterocycles. The zero-order valence-corrected chi connectivity index (χ0v) is 13.7. The zero-order chi connectivity index (χ0) is 17.3. The lowest BCUT2D eigenvalue weighted by Gasteiger charge is -2.18. The van der Waals surface area contributed by atoms with E-state index in [1.54, 1.807) is 31.0 Å². The van der Waals surface area contributed by atoms with E-state index in [1.165, 1.54) is 0 Å². The summed E-state index contributed by atoms with van der Waals surface area (Å²) in [6, 6.07) is 12.6. The number of rotatable bonds is 7. The lowest BCUT2D eigenvalue weighted by molar-refractivity contribution is -0.123. The number of aromatic nitrogens is 3. The van der Waals surface area contributed by atoms with E-state index >= 15 is 0 Å². The molecule has 6 nitrogen and oxygen atoms in total. The molecule has 3 heterocycles. The van der Waals surface area contributed by atoms with Crippen LogP contribution in [0.15, 0.2) is 73.4 Å². The van der Waals surface area contributed by atoms with Gasteiger partial charge in [-0.05, 0) is 35.4 Å². The maximum atomic E-state index is 12.7. The number of nitrogens with one attached hydrogen (secondary N) is 2.